The lowest BCUT2D eigenvalue weighted by molar-refractivity contribution is -0.109. The molecule has 4 nitrogen and oxygen atoms in total. The summed E-state index contributed by atoms with van der Waals surface area (Å²) in [6.07, 6.45) is 5.18. The molecule has 3 N–H and O–H groups in total. The number of hydrazone groups is 1. The fourth-order valence-electron chi connectivity index (χ4n) is 1.31. The van der Waals surface area contributed by atoms with Gasteiger partial charge in [-0.15, -0.1) is 0 Å². The molecule has 0 aromatic heterocycles. The Balaban J connectivity index is 2.64. The minimum atomic E-state index is -1.05. The number of rotatable bonds is 6. The first-order valence-corrected chi connectivity index (χ1v) is 5.76. The maximum atomic E-state index is 10.2. The van der Waals surface area contributed by atoms with Crippen LogP contribution in [0.4, 0.5) is 0 Å². The van der Waals surface area contributed by atoms with Gasteiger partial charge in [0.2, 0.25) is 0 Å². The van der Waals surface area contributed by atoms with E-state index >= 15 is 0 Å². The summed E-state index contributed by atoms with van der Waals surface area (Å²) in [4.78, 5) is 0. The van der Waals surface area contributed by atoms with Gasteiger partial charge in [0.15, 0.2) is 5.72 Å². The molecule has 1 fully saturated rings. The van der Waals surface area contributed by atoms with Crippen molar-refractivity contribution in [2.45, 2.75) is 51.8 Å². The van der Waals surface area contributed by atoms with Crippen molar-refractivity contribution in [3.05, 3.63) is 0 Å². The molecule has 0 saturated heterocycles. The highest BCUT2D eigenvalue weighted by Gasteiger charge is 2.36. The molecule has 1 saturated carbocycles. The van der Waals surface area contributed by atoms with E-state index in [0.717, 1.165) is 13.0 Å². The molecule has 1 aliphatic carbocycles. The van der Waals surface area contributed by atoms with Gasteiger partial charge in [-0.1, -0.05) is 6.92 Å². The highest BCUT2D eigenvalue weighted by Crippen LogP contribution is 2.32. The number of nitrogens with zero attached hydrogens (tertiary/aromatic N) is 2. The Morgan fingerprint density at radius 2 is 2.27 bits per heavy atom. The van der Waals surface area contributed by atoms with Gasteiger partial charge in [0, 0.05) is 12.8 Å². The van der Waals surface area contributed by atoms with Crippen LogP contribution in [0.25, 0.3) is 0 Å². The second kappa shape index (κ2) is 4.94. The van der Waals surface area contributed by atoms with Crippen LogP contribution in [0.2, 0.25) is 0 Å². The number of nitrogens with two attached hydrogens (primary N) is 1. The Morgan fingerprint density at radius 1 is 1.67 bits per heavy atom. The molecule has 0 amide bonds. The molecule has 15 heavy (non-hydrogen) atoms. The molecule has 1 rings (SSSR count). The molecule has 2 atom stereocenters. The molecule has 0 bridgehead atoms. The molecule has 0 radical (unpaired) electrons. The van der Waals surface area contributed by atoms with Crippen molar-refractivity contribution in [2.24, 2.45) is 16.8 Å². The zero-order valence-electron chi connectivity index (χ0n) is 9.98. The normalized spacial score (nSPS) is 22.7. The lowest BCUT2D eigenvalue weighted by Crippen LogP contribution is -2.55. The molecule has 0 aliphatic heterocycles. The van der Waals surface area contributed by atoms with E-state index < -0.39 is 5.72 Å². The fraction of sp³-hybridized carbons (Fsp3) is 0.909. The van der Waals surface area contributed by atoms with E-state index in [1.807, 2.05) is 13.1 Å². The second-order valence-electron chi connectivity index (χ2n) is 4.61. The van der Waals surface area contributed by atoms with E-state index in [0.29, 0.717) is 5.92 Å². The minimum absolute atomic E-state index is 0.315. The SMILES string of the molecule is CC/C=N\N(CC1CC1)C(C)(O)[C@@H](C)N. The molecule has 0 spiro atoms. The summed E-state index contributed by atoms with van der Waals surface area (Å²) in [6.45, 7) is 6.37. The summed E-state index contributed by atoms with van der Waals surface area (Å²) in [5.74, 6) is 0.684. The molecule has 4 heteroatoms. The molecule has 0 heterocycles. The first kappa shape index (κ1) is 12.5. The minimum Gasteiger partial charge on any atom is -0.368 e. The third-order valence-corrected chi connectivity index (χ3v) is 2.92. The Hall–Kier alpha value is -0.610. The maximum Gasteiger partial charge on any atom is 0.165 e. The van der Waals surface area contributed by atoms with Crippen LogP contribution in [-0.2, 0) is 0 Å². The molecule has 88 valence electrons. The number of aliphatic hydroxyl groups is 1. The van der Waals surface area contributed by atoms with Gasteiger partial charge in [-0.3, -0.25) is 5.01 Å². The van der Waals surface area contributed by atoms with Crippen molar-refractivity contribution in [3.8, 4) is 0 Å². The van der Waals surface area contributed by atoms with E-state index in [1.54, 1.807) is 18.9 Å². The van der Waals surface area contributed by atoms with Gasteiger partial charge in [-0.05, 0) is 39.0 Å². The molecular weight excluding hydrogens is 190 g/mol. The lowest BCUT2D eigenvalue weighted by Gasteiger charge is -2.37. The summed E-state index contributed by atoms with van der Waals surface area (Å²) in [6, 6.07) is -0.315. The lowest BCUT2D eigenvalue weighted by atomic mass is 10.1. The van der Waals surface area contributed by atoms with E-state index in [4.69, 9.17) is 5.73 Å². The fourth-order valence-corrected chi connectivity index (χ4v) is 1.31. The molecular formula is C11H23N3O. The predicted octanol–water partition coefficient (Wildman–Crippen LogP) is 1.15. The summed E-state index contributed by atoms with van der Waals surface area (Å²) < 4.78 is 0. The summed E-state index contributed by atoms with van der Waals surface area (Å²) in [7, 11) is 0. The third kappa shape index (κ3) is 3.47. The summed E-state index contributed by atoms with van der Waals surface area (Å²) >= 11 is 0. The maximum absolute atomic E-state index is 10.2. The quantitative estimate of drug-likeness (QED) is 0.395. The van der Waals surface area contributed by atoms with Gasteiger partial charge in [-0.2, -0.15) is 5.10 Å². The van der Waals surface area contributed by atoms with E-state index in [9.17, 15) is 5.11 Å². The first-order chi connectivity index (χ1) is 6.98. The second-order valence-corrected chi connectivity index (χ2v) is 4.61. The largest absolute Gasteiger partial charge is 0.368 e. The van der Waals surface area contributed by atoms with Crippen molar-refractivity contribution in [1.29, 1.82) is 0 Å². The Morgan fingerprint density at radius 3 is 2.67 bits per heavy atom. The monoisotopic (exact) mass is 213 g/mol. The average Bonchev–Trinajstić information content (AvgIpc) is 2.95. The Bertz CT molecular complexity index is 222. The Labute approximate surface area is 92.1 Å². The smallest absolute Gasteiger partial charge is 0.165 e. The van der Waals surface area contributed by atoms with Crippen LogP contribution in [0.3, 0.4) is 0 Å². The number of hydrogen-bond donors (Lipinski definition) is 2. The summed E-state index contributed by atoms with van der Waals surface area (Å²) in [5, 5.41) is 16.3. The van der Waals surface area contributed by atoms with Crippen LogP contribution < -0.4 is 5.73 Å². The van der Waals surface area contributed by atoms with Gasteiger partial charge in [0.25, 0.3) is 0 Å². The van der Waals surface area contributed by atoms with Gasteiger partial charge in [0.05, 0.1) is 6.04 Å². The van der Waals surface area contributed by atoms with E-state index in [1.165, 1.54) is 12.8 Å². The van der Waals surface area contributed by atoms with Crippen molar-refractivity contribution in [1.82, 2.24) is 5.01 Å². The van der Waals surface area contributed by atoms with Gasteiger partial charge in [-0.25, -0.2) is 0 Å². The van der Waals surface area contributed by atoms with Crippen LogP contribution in [0.15, 0.2) is 5.10 Å². The van der Waals surface area contributed by atoms with Crippen molar-refractivity contribution in [3.63, 3.8) is 0 Å². The first-order valence-electron chi connectivity index (χ1n) is 5.76. The standard InChI is InChI=1S/C11H23N3O/c1-4-7-13-14(8-10-5-6-10)11(3,15)9(2)12/h7,9-10,15H,4-6,8,12H2,1-3H3/b13-7-/t9-,11?/m1/s1. The summed E-state index contributed by atoms with van der Waals surface area (Å²) in [5.41, 5.74) is 4.73. The van der Waals surface area contributed by atoms with Crippen LogP contribution in [0.5, 0.6) is 0 Å². The molecule has 1 aliphatic rings. The van der Waals surface area contributed by atoms with Gasteiger partial charge < -0.3 is 10.8 Å². The zero-order valence-corrected chi connectivity index (χ0v) is 9.98. The van der Waals surface area contributed by atoms with Crippen LogP contribution in [0.1, 0.15) is 40.0 Å². The molecule has 0 aromatic rings. The van der Waals surface area contributed by atoms with Crippen LogP contribution in [0, 0.1) is 5.92 Å². The molecule has 0 aromatic carbocycles. The van der Waals surface area contributed by atoms with E-state index in [2.05, 4.69) is 5.10 Å². The predicted molar refractivity (Wildman–Crippen MR) is 62.5 cm³/mol. The molecule has 1 unspecified atom stereocenters. The number of hydrogen-bond acceptors (Lipinski definition) is 4. The van der Waals surface area contributed by atoms with Crippen molar-refractivity contribution < 1.29 is 5.11 Å². The highest BCUT2D eigenvalue weighted by molar-refractivity contribution is 5.56. The average molecular weight is 213 g/mol. The van der Waals surface area contributed by atoms with Crippen LogP contribution >= 0.6 is 0 Å². The third-order valence-electron chi connectivity index (χ3n) is 2.92. The topological polar surface area (TPSA) is 61.8 Å². The van der Waals surface area contributed by atoms with Crippen molar-refractivity contribution in [2.75, 3.05) is 6.54 Å². The van der Waals surface area contributed by atoms with Gasteiger partial charge in [0.1, 0.15) is 0 Å². The zero-order chi connectivity index (χ0) is 11.5. The van der Waals surface area contributed by atoms with Gasteiger partial charge >= 0.3 is 0 Å². The van der Waals surface area contributed by atoms with Crippen molar-refractivity contribution >= 4 is 6.21 Å². The van der Waals surface area contributed by atoms with E-state index in [-0.39, 0.29) is 6.04 Å². The highest BCUT2D eigenvalue weighted by atomic mass is 16.3. The van der Waals surface area contributed by atoms with Crippen LogP contribution in [-0.4, -0.2) is 34.6 Å². The Kier molecular flexibility index (Phi) is 4.11.